The predicted molar refractivity (Wildman–Crippen MR) is 228 cm³/mol. The van der Waals surface area contributed by atoms with Crippen molar-refractivity contribution in [2.24, 2.45) is 0 Å². The molecule has 0 radical (unpaired) electrons. The third-order valence-corrected chi connectivity index (χ3v) is 16.9. The summed E-state index contributed by atoms with van der Waals surface area (Å²) in [6, 6.07) is 32.3. The molecule has 0 saturated heterocycles. The summed E-state index contributed by atoms with van der Waals surface area (Å²) < 4.78 is 26.5. The lowest BCUT2D eigenvalue weighted by Gasteiger charge is -2.44. The smallest absolute Gasteiger partial charge is 0.159 e. The number of benzene rings is 7. The Morgan fingerprint density at radius 1 is 0.556 bits per heavy atom. The molecular formula is C47H37N2O3PS. The molecule has 0 N–H and O–H groups in total. The fourth-order valence-electron chi connectivity index (χ4n) is 9.42. The second-order valence-corrected chi connectivity index (χ2v) is 21.6. The molecule has 0 amide bonds. The van der Waals surface area contributed by atoms with E-state index >= 15 is 0 Å². The lowest BCUT2D eigenvalue weighted by Crippen LogP contribution is -2.42. The number of aryl methyl sites for hydroxylation is 1. The molecule has 7 aromatic carbocycles. The molecule has 5 nitrogen and oxygen atoms in total. The Kier molecular flexibility index (Phi) is 5.57. The van der Waals surface area contributed by atoms with E-state index in [9.17, 15) is 0 Å². The van der Waals surface area contributed by atoms with Crippen LogP contribution in [0.2, 0.25) is 0 Å². The molecule has 0 aliphatic carbocycles. The standard InChI is InChI=1S/C47H37N2O3PS/c1-24-41-39-45-40-42(24)52-34-23-28(47(5,6)7)17-19-32(34)49(40)38-30-15-11-9-13-26(30)21-36-44(38)53(45,54)43-35(50-36)20-25-12-8-10-14-29(25)37(43)48(39)31-18-16-27(46(2,3)4)22-33(31)51-41/h8-23H,1-7H3. The van der Waals surface area contributed by atoms with Crippen molar-refractivity contribution in [3.05, 3.63) is 114 Å². The van der Waals surface area contributed by atoms with Crippen molar-refractivity contribution in [3.63, 3.8) is 0 Å². The minimum absolute atomic E-state index is 0.0633. The van der Waals surface area contributed by atoms with E-state index in [4.69, 9.17) is 25.4 Å². The average Bonchev–Trinajstić information content (AvgIpc) is 3.14. The van der Waals surface area contributed by atoms with Crippen LogP contribution in [0, 0.1) is 6.92 Å². The van der Waals surface area contributed by atoms with E-state index in [1.54, 1.807) is 0 Å². The molecule has 7 heteroatoms. The van der Waals surface area contributed by atoms with Gasteiger partial charge in [0.15, 0.2) is 22.3 Å². The van der Waals surface area contributed by atoms with Crippen LogP contribution in [0.3, 0.4) is 0 Å². The minimum atomic E-state index is -2.83. The summed E-state index contributed by atoms with van der Waals surface area (Å²) in [6.45, 7) is 15.6. The minimum Gasteiger partial charge on any atom is -0.456 e. The molecule has 0 atom stereocenters. The third kappa shape index (κ3) is 3.60. The number of aromatic nitrogens is 2. The van der Waals surface area contributed by atoms with Crippen molar-refractivity contribution in [3.8, 4) is 22.9 Å². The molecule has 0 bridgehead atoms. The Morgan fingerprint density at radius 2 is 1.00 bits per heavy atom. The van der Waals surface area contributed by atoms with Crippen molar-refractivity contribution >= 4 is 99.7 Å². The van der Waals surface area contributed by atoms with E-state index in [0.29, 0.717) is 0 Å². The van der Waals surface area contributed by atoms with Crippen molar-refractivity contribution in [2.75, 3.05) is 0 Å². The SMILES string of the molecule is Cc1c2oc3cc(C(C)(C)C)ccc3n3c2c2c4c1oc1cc(C(C)(C)C)ccc1n4-c1c4c(cc5ccccc15)Oc1cc5ccccc5c-3c1P42=S. The van der Waals surface area contributed by atoms with E-state index in [1.807, 2.05) is 0 Å². The van der Waals surface area contributed by atoms with Gasteiger partial charge in [0.1, 0.15) is 22.5 Å². The third-order valence-electron chi connectivity index (χ3n) is 12.1. The average molecular weight is 741 g/mol. The van der Waals surface area contributed by atoms with E-state index in [2.05, 4.69) is 155 Å². The first-order chi connectivity index (χ1) is 25.8. The van der Waals surface area contributed by atoms with Crippen molar-refractivity contribution in [2.45, 2.75) is 59.3 Å². The molecule has 0 saturated carbocycles. The van der Waals surface area contributed by atoms with Crippen LogP contribution in [0.4, 0.5) is 0 Å². The molecule has 0 spiro atoms. The molecule has 264 valence electrons. The monoisotopic (exact) mass is 740 g/mol. The summed E-state index contributed by atoms with van der Waals surface area (Å²) in [5.74, 6) is 1.67. The molecule has 3 aliphatic rings. The Balaban J connectivity index is 1.43. The highest BCUT2D eigenvalue weighted by atomic mass is 32.4. The zero-order chi connectivity index (χ0) is 36.8. The topological polar surface area (TPSA) is 45.4 Å². The number of nitrogens with zero attached hydrogens (tertiary/aromatic N) is 2. The highest BCUT2D eigenvalue weighted by molar-refractivity contribution is 8.26. The number of rotatable bonds is 0. The van der Waals surface area contributed by atoms with Crippen LogP contribution < -0.4 is 20.7 Å². The van der Waals surface area contributed by atoms with Gasteiger partial charge in [-0.15, -0.1) is 0 Å². The molecule has 3 aliphatic heterocycles. The zero-order valence-electron chi connectivity index (χ0n) is 31.2. The van der Waals surface area contributed by atoms with Crippen LogP contribution in [0.1, 0.15) is 58.2 Å². The molecule has 9 aromatic rings. The first-order valence-corrected chi connectivity index (χ1v) is 21.5. The summed E-state index contributed by atoms with van der Waals surface area (Å²) in [6.07, 6.45) is 0. The van der Waals surface area contributed by atoms with Crippen LogP contribution >= 0.6 is 6.04 Å². The number of hydrogen-bond acceptors (Lipinski definition) is 4. The number of hydrogen-bond donors (Lipinski definition) is 0. The second-order valence-electron chi connectivity index (χ2n) is 17.4. The van der Waals surface area contributed by atoms with E-state index in [-0.39, 0.29) is 10.8 Å². The predicted octanol–water partition coefficient (Wildman–Crippen LogP) is 11.9. The Morgan fingerprint density at radius 3 is 1.44 bits per heavy atom. The van der Waals surface area contributed by atoms with Gasteiger partial charge < -0.3 is 22.7 Å². The Bertz CT molecular complexity index is 3160. The largest absolute Gasteiger partial charge is 0.456 e. The number of fused-ring (bicyclic) bond motifs is 10. The van der Waals surface area contributed by atoms with Gasteiger partial charge in [-0.3, -0.25) is 0 Å². The normalized spacial score (nSPS) is 14.9. The van der Waals surface area contributed by atoms with Gasteiger partial charge in [-0.2, -0.15) is 0 Å². The van der Waals surface area contributed by atoms with Gasteiger partial charge in [0.2, 0.25) is 0 Å². The lowest BCUT2D eigenvalue weighted by molar-refractivity contribution is 0.489. The van der Waals surface area contributed by atoms with Gasteiger partial charge in [-0.05, 0) is 76.1 Å². The van der Waals surface area contributed by atoms with E-state index in [0.717, 1.165) is 110 Å². The first-order valence-electron chi connectivity index (χ1n) is 18.7. The molecule has 0 unspecified atom stereocenters. The van der Waals surface area contributed by atoms with Crippen molar-refractivity contribution in [1.82, 2.24) is 9.13 Å². The maximum absolute atomic E-state index is 7.43. The highest BCUT2D eigenvalue weighted by Gasteiger charge is 2.50. The lowest BCUT2D eigenvalue weighted by atomic mass is 9.87. The molecule has 0 fully saturated rings. The maximum atomic E-state index is 7.43. The first kappa shape index (κ1) is 31.1. The quantitative estimate of drug-likeness (QED) is 0.115. The maximum Gasteiger partial charge on any atom is 0.159 e. The van der Waals surface area contributed by atoms with Crippen LogP contribution in [0.5, 0.6) is 11.5 Å². The van der Waals surface area contributed by atoms with Gasteiger partial charge in [-0.25, -0.2) is 0 Å². The Hall–Kier alpha value is -5.29. The fraction of sp³-hybridized carbons (Fsp3) is 0.191. The number of ether oxygens (including phenoxy) is 1. The van der Waals surface area contributed by atoms with Crippen LogP contribution in [-0.4, -0.2) is 9.13 Å². The highest BCUT2D eigenvalue weighted by Crippen LogP contribution is 2.63. The summed E-state index contributed by atoms with van der Waals surface area (Å²) in [5, 5.41) is 7.84. The molecule has 54 heavy (non-hydrogen) atoms. The fourth-order valence-corrected chi connectivity index (χ4v) is 14.6. The summed E-state index contributed by atoms with van der Waals surface area (Å²) in [7, 11) is 0. The van der Waals surface area contributed by atoms with Gasteiger partial charge >= 0.3 is 0 Å². The summed E-state index contributed by atoms with van der Waals surface area (Å²) >= 11 is 7.43. The van der Waals surface area contributed by atoms with Crippen LogP contribution in [0.15, 0.2) is 106 Å². The molecule has 2 aromatic heterocycles. The van der Waals surface area contributed by atoms with E-state index < -0.39 is 6.04 Å². The Labute approximate surface area is 317 Å². The van der Waals surface area contributed by atoms with Crippen molar-refractivity contribution in [1.29, 1.82) is 0 Å². The van der Waals surface area contributed by atoms with Crippen molar-refractivity contribution < 1.29 is 13.6 Å². The van der Waals surface area contributed by atoms with Gasteiger partial charge in [-0.1, -0.05) is 114 Å². The van der Waals surface area contributed by atoms with Crippen LogP contribution in [-0.2, 0) is 22.6 Å². The van der Waals surface area contributed by atoms with Crippen LogP contribution in [0.25, 0.3) is 77.3 Å². The van der Waals surface area contributed by atoms with Gasteiger partial charge in [0.05, 0.1) is 44.4 Å². The summed E-state index contributed by atoms with van der Waals surface area (Å²) in [4.78, 5) is 0. The van der Waals surface area contributed by atoms with Gasteiger partial charge in [0, 0.05) is 16.3 Å². The second kappa shape index (κ2) is 9.68. The summed E-state index contributed by atoms with van der Waals surface area (Å²) in [5.41, 5.74) is 12.7. The molecule has 12 rings (SSSR count). The molecule has 5 heterocycles. The zero-order valence-corrected chi connectivity index (χ0v) is 32.9. The molecular weight excluding hydrogens is 704 g/mol. The van der Waals surface area contributed by atoms with Gasteiger partial charge in [0.25, 0.3) is 0 Å². The van der Waals surface area contributed by atoms with E-state index in [1.165, 1.54) is 11.1 Å².